The van der Waals surface area contributed by atoms with Crippen molar-refractivity contribution >= 4 is 44.1 Å². The third-order valence-corrected chi connectivity index (χ3v) is 7.78. The Hall–Kier alpha value is -4.17. The Balaban J connectivity index is 1.66. The summed E-state index contributed by atoms with van der Waals surface area (Å²) in [5.74, 6) is -0.162. The molecule has 4 aromatic rings. The number of aryl methyl sites for hydroxylation is 1. The van der Waals surface area contributed by atoms with Gasteiger partial charge in [-0.15, -0.1) is 0 Å². The van der Waals surface area contributed by atoms with Gasteiger partial charge in [-0.25, -0.2) is 4.98 Å². The number of aromatic nitrogens is 1. The van der Waals surface area contributed by atoms with Crippen molar-refractivity contribution in [2.24, 2.45) is 5.92 Å². The number of benzene rings is 3. The van der Waals surface area contributed by atoms with Crippen LogP contribution in [0.4, 0.5) is 5.13 Å². The monoisotopic (exact) mass is 556 g/mol. The molecular weight excluding hydrogens is 524 g/mol. The quantitative estimate of drug-likeness (QED) is 0.135. The molecule has 3 aromatic carbocycles. The fourth-order valence-electron chi connectivity index (χ4n) is 4.71. The van der Waals surface area contributed by atoms with Gasteiger partial charge in [-0.1, -0.05) is 67.6 Å². The van der Waals surface area contributed by atoms with E-state index in [-0.39, 0.29) is 11.3 Å². The van der Waals surface area contributed by atoms with E-state index < -0.39 is 17.7 Å². The number of carbonyl (C=O) groups excluding carboxylic acids is 2. The Morgan fingerprint density at radius 1 is 1.02 bits per heavy atom. The first-order valence-electron chi connectivity index (χ1n) is 13.4. The van der Waals surface area contributed by atoms with Gasteiger partial charge in [0.15, 0.2) is 16.6 Å². The van der Waals surface area contributed by atoms with Crippen LogP contribution in [0.2, 0.25) is 0 Å². The van der Waals surface area contributed by atoms with E-state index in [1.807, 2.05) is 44.2 Å². The number of nitrogens with zero attached hydrogens (tertiary/aromatic N) is 2. The summed E-state index contributed by atoms with van der Waals surface area (Å²) in [6.07, 6.45) is 0.891. The van der Waals surface area contributed by atoms with Crippen LogP contribution in [0.1, 0.15) is 49.9 Å². The second kappa shape index (κ2) is 11.5. The van der Waals surface area contributed by atoms with Gasteiger partial charge >= 0.3 is 5.91 Å². The molecule has 0 radical (unpaired) electrons. The second-order valence-electron chi connectivity index (χ2n) is 10.2. The first-order chi connectivity index (χ1) is 19.3. The Kier molecular flexibility index (Phi) is 7.89. The average molecular weight is 557 g/mol. The maximum absolute atomic E-state index is 13.6. The highest BCUT2D eigenvalue weighted by atomic mass is 32.1. The van der Waals surface area contributed by atoms with Crippen molar-refractivity contribution in [2.45, 2.75) is 40.2 Å². The number of ether oxygens (including phenoxy) is 2. The zero-order valence-electron chi connectivity index (χ0n) is 23.0. The SMILES string of the molecule is CCOc1cc(C2C(=C(O)c3ccccc3)C(=O)C(=O)N2c2nc3ccc(C)cc3s2)ccc1OCCC(C)C. The number of aliphatic hydroxyl groups excluding tert-OH is 1. The average Bonchev–Trinajstić information content (AvgIpc) is 3.47. The Morgan fingerprint density at radius 2 is 1.80 bits per heavy atom. The topological polar surface area (TPSA) is 89.0 Å². The number of thiazole rings is 1. The van der Waals surface area contributed by atoms with Gasteiger partial charge in [-0.3, -0.25) is 14.5 Å². The fraction of sp³-hybridized carbons (Fsp3) is 0.281. The standard InChI is InChI=1S/C32H32N2O5S/c1-5-38-25-18-22(12-14-24(25)39-16-15-19(2)3)28-27(29(35)21-9-7-6-8-10-21)30(36)31(37)34(28)32-33-23-13-11-20(4)17-26(23)40-32/h6-14,17-19,28,35H,5,15-16H2,1-4H3. The Labute approximate surface area is 237 Å². The van der Waals surface area contributed by atoms with Gasteiger partial charge in [0.1, 0.15) is 5.76 Å². The summed E-state index contributed by atoms with van der Waals surface area (Å²) in [7, 11) is 0. The molecule has 0 spiro atoms. The summed E-state index contributed by atoms with van der Waals surface area (Å²) < 4.78 is 12.9. The minimum absolute atomic E-state index is 0.00237. The van der Waals surface area contributed by atoms with Crippen molar-refractivity contribution in [3.63, 3.8) is 0 Å². The van der Waals surface area contributed by atoms with Gasteiger partial charge in [0.2, 0.25) is 0 Å². The van der Waals surface area contributed by atoms with Crippen molar-refractivity contribution in [3.05, 3.63) is 89.0 Å². The Bertz CT molecular complexity index is 1590. The number of ketones is 1. The van der Waals surface area contributed by atoms with Crippen LogP contribution >= 0.6 is 11.3 Å². The fourth-order valence-corrected chi connectivity index (χ4v) is 5.80. The molecule has 8 heteroatoms. The van der Waals surface area contributed by atoms with E-state index in [1.165, 1.54) is 16.2 Å². The second-order valence-corrected chi connectivity index (χ2v) is 11.2. The molecule has 0 aliphatic carbocycles. The highest BCUT2D eigenvalue weighted by Gasteiger charge is 2.48. The van der Waals surface area contributed by atoms with Gasteiger partial charge in [0.05, 0.1) is 35.0 Å². The van der Waals surface area contributed by atoms with Crippen LogP contribution in [-0.2, 0) is 9.59 Å². The van der Waals surface area contributed by atoms with Crippen LogP contribution in [-0.4, -0.2) is 35.0 Å². The number of aliphatic hydroxyl groups is 1. The summed E-state index contributed by atoms with van der Waals surface area (Å²) in [6, 6.07) is 19.1. The van der Waals surface area contributed by atoms with E-state index in [4.69, 9.17) is 14.5 Å². The van der Waals surface area contributed by atoms with Crippen molar-refractivity contribution in [2.75, 3.05) is 18.1 Å². The normalized spacial score (nSPS) is 16.7. The van der Waals surface area contributed by atoms with E-state index in [0.29, 0.717) is 46.9 Å². The molecular formula is C32H32N2O5S. The van der Waals surface area contributed by atoms with Crippen molar-refractivity contribution < 1.29 is 24.2 Å². The van der Waals surface area contributed by atoms with Crippen molar-refractivity contribution in [3.8, 4) is 11.5 Å². The smallest absolute Gasteiger partial charge is 0.301 e. The molecule has 40 heavy (non-hydrogen) atoms. The molecule has 206 valence electrons. The number of hydrogen-bond acceptors (Lipinski definition) is 7. The largest absolute Gasteiger partial charge is 0.507 e. The van der Waals surface area contributed by atoms with Crippen molar-refractivity contribution in [1.29, 1.82) is 0 Å². The maximum atomic E-state index is 13.6. The van der Waals surface area contributed by atoms with Crippen LogP contribution in [0, 0.1) is 12.8 Å². The molecule has 1 atom stereocenters. The lowest BCUT2D eigenvalue weighted by Crippen LogP contribution is -2.29. The molecule has 1 aliphatic rings. The van der Waals surface area contributed by atoms with Crippen LogP contribution in [0.5, 0.6) is 11.5 Å². The summed E-state index contributed by atoms with van der Waals surface area (Å²) in [6.45, 7) is 9.09. The highest BCUT2D eigenvalue weighted by Crippen LogP contribution is 2.46. The van der Waals surface area contributed by atoms with Crippen LogP contribution in [0.3, 0.4) is 0 Å². The van der Waals surface area contributed by atoms with Gasteiger partial charge in [0, 0.05) is 5.56 Å². The number of amides is 1. The van der Waals surface area contributed by atoms with Gasteiger partial charge in [-0.05, 0) is 61.6 Å². The third-order valence-electron chi connectivity index (χ3n) is 6.77. The maximum Gasteiger partial charge on any atom is 0.301 e. The molecule has 0 bridgehead atoms. The number of Topliss-reactive ketones (excluding diaryl/α,β-unsaturated/α-hetero) is 1. The zero-order valence-corrected chi connectivity index (χ0v) is 23.8. The molecule has 1 amide bonds. The van der Waals surface area contributed by atoms with E-state index in [1.54, 1.807) is 36.4 Å². The number of hydrogen-bond donors (Lipinski definition) is 1. The third kappa shape index (κ3) is 5.31. The van der Waals surface area contributed by atoms with E-state index in [0.717, 1.165) is 22.2 Å². The van der Waals surface area contributed by atoms with Gasteiger partial charge in [0.25, 0.3) is 5.78 Å². The lowest BCUT2D eigenvalue weighted by molar-refractivity contribution is -0.132. The predicted molar refractivity (Wildman–Crippen MR) is 158 cm³/mol. The lowest BCUT2D eigenvalue weighted by Gasteiger charge is -2.24. The number of fused-ring (bicyclic) bond motifs is 1. The zero-order chi connectivity index (χ0) is 28.4. The molecule has 0 saturated carbocycles. The van der Waals surface area contributed by atoms with Crippen molar-refractivity contribution in [1.82, 2.24) is 4.98 Å². The first kappa shape index (κ1) is 27.4. The number of carbonyl (C=O) groups is 2. The summed E-state index contributed by atoms with van der Waals surface area (Å²) in [5, 5.41) is 11.8. The molecule has 1 N–H and O–H groups in total. The molecule has 1 fully saturated rings. The molecule has 1 aromatic heterocycles. The summed E-state index contributed by atoms with van der Waals surface area (Å²) in [5.41, 5.74) is 2.86. The van der Waals surface area contributed by atoms with Gasteiger partial charge in [-0.2, -0.15) is 0 Å². The van der Waals surface area contributed by atoms with Crippen LogP contribution < -0.4 is 14.4 Å². The summed E-state index contributed by atoms with van der Waals surface area (Å²) in [4.78, 5) is 33.3. The van der Waals surface area contributed by atoms with Gasteiger partial charge < -0.3 is 14.6 Å². The van der Waals surface area contributed by atoms with E-state index in [9.17, 15) is 14.7 Å². The van der Waals surface area contributed by atoms with Crippen LogP contribution in [0.15, 0.2) is 72.3 Å². The predicted octanol–water partition coefficient (Wildman–Crippen LogP) is 7.05. The first-order valence-corrected chi connectivity index (χ1v) is 14.2. The molecule has 7 nitrogen and oxygen atoms in total. The molecule has 1 saturated heterocycles. The molecule has 5 rings (SSSR count). The molecule has 2 heterocycles. The van der Waals surface area contributed by atoms with E-state index >= 15 is 0 Å². The summed E-state index contributed by atoms with van der Waals surface area (Å²) >= 11 is 1.34. The highest BCUT2D eigenvalue weighted by molar-refractivity contribution is 7.22. The Morgan fingerprint density at radius 3 is 2.52 bits per heavy atom. The lowest BCUT2D eigenvalue weighted by atomic mass is 9.95. The van der Waals surface area contributed by atoms with Crippen LogP contribution in [0.25, 0.3) is 16.0 Å². The number of rotatable bonds is 9. The van der Waals surface area contributed by atoms with E-state index in [2.05, 4.69) is 13.8 Å². The molecule has 1 unspecified atom stereocenters. The minimum Gasteiger partial charge on any atom is -0.507 e. The number of anilines is 1. The minimum atomic E-state index is -0.911. The molecule has 1 aliphatic heterocycles.